The van der Waals surface area contributed by atoms with Crippen LogP contribution in [-0.4, -0.2) is 63.5 Å². The third-order valence-electron chi connectivity index (χ3n) is 3.04. The Morgan fingerprint density at radius 1 is 1.36 bits per heavy atom. The van der Waals surface area contributed by atoms with Crippen molar-refractivity contribution >= 4 is 30.4 Å². The third kappa shape index (κ3) is 5.92. The smallest absolute Gasteiger partial charge is 0.433 e. The van der Waals surface area contributed by atoms with Crippen molar-refractivity contribution in [2.24, 2.45) is 5.92 Å². The Bertz CT molecular complexity index is 823. The predicted molar refractivity (Wildman–Crippen MR) is 84.9 cm³/mol. The number of nitrogens with two attached hydrogens (primary N) is 1. The Kier molecular flexibility index (Phi) is 7.21. The maximum absolute atomic E-state index is 11.5. The average Bonchev–Trinajstić information content (AvgIpc) is 2.91. The number of nitrogens with one attached hydrogen (secondary N) is 1. The molecule has 0 amide bonds. The van der Waals surface area contributed by atoms with Gasteiger partial charge in [0.25, 0.3) is 5.56 Å². The number of H-pyrrole nitrogens is 1. The maximum atomic E-state index is 11.5. The van der Waals surface area contributed by atoms with Gasteiger partial charge < -0.3 is 35.4 Å². The number of rotatable bonds is 6. The minimum atomic E-state index is -4.82. The van der Waals surface area contributed by atoms with Gasteiger partial charge in [0.15, 0.2) is 11.2 Å². The van der Waals surface area contributed by atoms with Crippen LogP contribution in [0.1, 0.15) is 6.42 Å². The highest BCUT2D eigenvalue weighted by atomic mass is 31.2. The lowest BCUT2D eigenvalue weighted by atomic mass is 10.1. The molecule has 0 aliphatic carbocycles. The molecule has 2 heterocycles. The number of carbonyl (C=O) groups is 1. The summed E-state index contributed by atoms with van der Waals surface area (Å²) in [6, 6.07) is 0. The fourth-order valence-corrected chi connectivity index (χ4v) is 1.70. The Labute approximate surface area is 139 Å². The number of nitrogens with zero attached hydrogens (tertiary/aromatic N) is 3. The van der Waals surface area contributed by atoms with E-state index in [1.54, 1.807) is 4.57 Å². The van der Waals surface area contributed by atoms with Crippen LogP contribution in [0.2, 0.25) is 0 Å². The van der Waals surface area contributed by atoms with Gasteiger partial charge in [0.2, 0.25) is 5.95 Å². The van der Waals surface area contributed by atoms with Crippen molar-refractivity contribution in [1.29, 1.82) is 0 Å². The average molecular weight is 379 g/mol. The lowest BCUT2D eigenvalue weighted by molar-refractivity contribution is 0.140. The van der Waals surface area contributed by atoms with Crippen LogP contribution in [0.25, 0.3) is 11.2 Å². The molecule has 0 unspecified atom stereocenters. The normalized spacial score (nSPS) is 11.4. The van der Waals surface area contributed by atoms with Crippen LogP contribution < -0.4 is 11.3 Å². The van der Waals surface area contributed by atoms with E-state index in [1.165, 1.54) is 6.33 Å². The molecule has 14 heteroatoms. The molecule has 0 spiro atoms. The van der Waals surface area contributed by atoms with E-state index >= 15 is 0 Å². The van der Waals surface area contributed by atoms with Gasteiger partial charge in [0.05, 0.1) is 6.33 Å². The Morgan fingerprint density at radius 2 is 1.92 bits per heavy atom. The largest absolute Gasteiger partial charge is 0.472 e. The second-order valence-electron chi connectivity index (χ2n) is 4.91. The molecule has 2 aromatic heterocycles. The number of anilines is 1. The van der Waals surface area contributed by atoms with Gasteiger partial charge in [-0.1, -0.05) is 0 Å². The number of aromatic nitrogens is 4. The minimum absolute atomic E-state index is 0.0371. The summed E-state index contributed by atoms with van der Waals surface area (Å²) >= 11 is 0. The first kappa shape index (κ1) is 20.7. The van der Waals surface area contributed by atoms with E-state index in [-0.39, 0.29) is 36.2 Å². The van der Waals surface area contributed by atoms with E-state index in [4.69, 9.17) is 30.8 Å². The van der Waals surface area contributed by atoms with Crippen molar-refractivity contribution in [3.63, 3.8) is 0 Å². The summed E-state index contributed by atoms with van der Waals surface area (Å²) in [7, 11) is -4.82. The highest BCUT2D eigenvalue weighted by Crippen LogP contribution is 2.34. The third-order valence-corrected chi connectivity index (χ3v) is 3.54. The number of aryl methyl sites for hydroxylation is 1. The minimum Gasteiger partial charge on any atom is -0.472 e. The van der Waals surface area contributed by atoms with E-state index in [9.17, 15) is 14.2 Å². The number of aliphatic hydroxyl groups excluding tert-OH is 2. The van der Waals surface area contributed by atoms with Crippen LogP contribution in [0.3, 0.4) is 0 Å². The number of fused-ring (bicyclic) bond motifs is 1. The molecule has 25 heavy (non-hydrogen) atoms. The molecule has 13 nitrogen and oxygen atoms in total. The zero-order valence-corrected chi connectivity index (χ0v) is 13.7. The molecule has 0 atom stereocenters. The van der Waals surface area contributed by atoms with E-state index in [0.29, 0.717) is 18.6 Å². The van der Waals surface area contributed by atoms with Crippen molar-refractivity contribution < 1.29 is 34.5 Å². The summed E-state index contributed by atoms with van der Waals surface area (Å²) in [6.45, 7) is 0.330. The number of imidazole rings is 1. The number of hydrogen-bond acceptors (Lipinski definition) is 8. The monoisotopic (exact) mass is 379 g/mol. The SMILES string of the molecule is Nc1nc2c(ncn2CCC(CO)CO)c(=O)[nH]1.O=C(O)P(=O)(O)O. The van der Waals surface area contributed by atoms with Crippen LogP contribution in [0.15, 0.2) is 11.1 Å². The number of nitrogen functional groups attached to an aromatic ring is 1. The molecule has 0 aliphatic heterocycles. The molecule has 2 aromatic rings. The molecule has 0 radical (unpaired) electrons. The topological polar surface area (TPSA) is 225 Å². The molecule has 2 rings (SSSR count). The van der Waals surface area contributed by atoms with E-state index in [1.807, 2.05) is 0 Å². The van der Waals surface area contributed by atoms with Crippen molar-refractivity contribution in [2.45, 2.75) is 13.0 Å². The molecule has 0 fully saturated rings. The van der Waals surface area contributed by atoms with Gasteiger partial charge in [-0.25, -0.2) is 14.3 Å². The highest BCUT2D eigenvalue weighted by molar-refractivity contribution is 7.69. The van der Waals surface area contributed by atoms with Gasteiger partial charge in [-0.05, 0) is 6.42 Å². The zero-order valence-electron chi connectivity index (χ0n) is 12.8. The predicted octanol–water partition coefficient (Wildman–Crippen LogP) is -1.47. The highest BCUT2D eigenvalue weighted by Gasteiger charge is 2.23. The lowest BCUT2D eigenvalue weighted by Gasteiger charge is -2.10. The summed E-state index contributed by atoms with van der Waals surface area (Å²) in [5.74, 6) is -0.156. The number of aromatic amines is 1. The van der Waals surface area contributed by atoms with Crippen LogP contribution in [0.4, 0.5) is 10.7 Å². The molecular weight excluding hydrogens is 361 g/mol. The van der Waals surface area contributed by atoms with Crippen molar-refractivity contribution in [3.05, 3.63) is 16.7 Å². The molecule has 0 saturated carbocycles. The molecule has 0 saturated heterocycles. The van der Waals surface area contributed by atoms with E-state index in [2.05, 4.69) is 15.0 Å². The second-order valence-corrected chi connectivity index (χ2v) is 6.38. The molecule has 140 valence electrons. The van der Waals surface area contributed by atoms with Crippen molar-refractivity contribution in [1.82, 2.24) is 19.5 Å². The molecule has 8 N–H and O–H groups in total. The Morgan fingerprint density at radius 3 is 2.40 bits per heavy atom. The summed E-state index contributed by atoms with van der Waals surface area (Å²) in [6.07, 6.45) is 2.06. The lowest BCUT2D eigenvalue weighted by Crippen LogP contribution is -2.15. The fraction of sp³-hybridized carbons (Fsp3) is 0.455. The number of hydrogen-bond donors (Lipinski definition) is 7. The molecular formula is C11H18N5O8P. The standard InChI is InChI=1S/C10H15N5O3.CH3O5P/c11-10-13-8-7(9(18)14-10)12-5-15(8)2-1-6(3-16)4-17;2-1(3)7(4,5)6/h5-6,16-17H,1-4H2,(H3,11,13,14,18);(H,2,3)(H2,4,5,6). The first-order valence-electron chi connectivity index (χ1n) is 6.81. The van der Waals surface area contributed by atoms with Crippen LogP contribution >= 0.6 is 7.60 Å². The maximum Gasteiger partial charge on any atom is 0.433 e. The summed E-state index contributed by atoms with van der Waals surface area (Å²) in [5.41, 5.74) is 3.64. The molecule has 0 aromatic carbocycles. The first-order valence-corrected chi connectivity index (χ1v) is 8.42. The Hall–Kier alpha value is -2.31. The quantitative estimate of drug-likeness (QED) is 0.287. The summed E-state index contributed by atoms with van der Waals surface area (Å²) in [4.78, 5) is 46.4. The van der Waals surface area contributed by atoms with Gasteiger partial charge in [-0.15, -0.1) is 0 Å². The first-order chi connectivity index (χ1) is 11.6. The number of carboxylic acid groups (broad SMARTS) is 1. The van der Waals surface area contributed by atoms with Crippen molar-refractivity contribution in [3.8, 4) is 0 Å². The van der Waals surface area contributed by atoms with Gasteiger partial charge >= 0.3 is 13.3 Å². The summed E-state index contributed by atoms with van der Waals surface area (Å²) in [5, 5.41) is 25.4. The van der Waals surface area contributed by atoms with Gasteiger partial charge in [0, 0.05) is 25.7 Å². The zero-order chi connectivity index (χ0) is 19.2. The van der Waals surface area contributed by atoms with Crippen LogP contribution in [0.5, 0.6) is 0 Å². The van der Waals surface area contributed by atoms with Crippen molar-refractivity contribution in [2.75, 3.05) is 18.9 Å². The van der Waals surface area contributed by atoms with Gasteiger partial charge in [0.1, 0.15) is 0 Å². The Balaban J connectivity index is 0.000000381. The molecule has 0 bridgehead atoms. The second kappa shape index (κ2) is 8.69. The summed E-state index contributed by atoms with van der Waals surface area (Å²) < 4.78 is 11.1. The van der Waals surface area contributed by atoms with E-state index in [0.717, 1.165) is 0 Å². The van der Waals surface area contributed by atoms with Gasteiger partial charge in [-0.3, -0.25) is 9.78 Å². The van der Waals surface area contributed by atoms with E-state index < -0.39 is 13.3 Å². The van der Waals surface area contributed by atoms with Gasteiger partial charge in [-0.2, -0.15) is 4.98 Å². The fourth-order valence-electron chi connectivity index (χ4n) is 1.70. The van der Waals surface area contributed by atoms with Crippen LogP contribution in [0, 0.1) is 5.92 Å². The van der Waals surface area contributed by atoms with Crippen LogP contribution in [-0.2, 0) is 11.1 Å². The molecule has 0 aliphatic rings. The number of aliphatic hydroxyl groups is 2.